The fourth-order valence-electron chi connectivity index (χ4n) is 2.52. The number of amides is 2. The second-order valence-electron chi connectivity index (χ2n) is 5.57. The second kappa shape index (κ2) is 7.71. The Morgan fingerprint density at radius 2 is 2.00 bits per heavy atom. The van der Waals surface area contributed by atoms with Gasteiger partial charge in [-0.15, -0.1) is 0 Å². The van der Waals surface area contributed by atoms with Gasteiger partial charge in [-0.3, -0.25) is 14.4 Å². The molecule has 0 aromatic heterocycles. The summed E-state index contributed by atoms with van der Waals surface area (Å²) in [5.41, 5.74) is 5.52. The minimum Gasteiger partial charge on any atom is -0.327 e. The van der Waals surface area contributed by atoms with Crippen LogP contribution in [0.1, 0.15) is 30.1 Å². The van der Waals surface area contributed by atoms with Crippen LogP contribution < -0.4 is 5.73 Å². The van der Waals surface area contributed by atoms with Crippen molar-refractivity contribution in [1.29, 1.82) is 0 Å². The van der Waals surface area contributed by atoms with Gasteiger partial charge in [-0.25, -0.2) is 14.9 Å². The predicted molar refractivity (Wildman–Crippen MR) is 84.1 cm³/mol. The summed E-state index contributed by atoms with van der Waals surface area (Å²) in [6.07, 6.45) is 0.811. The highest BCUT2D eigenvalue weighted by Gasteiger charge is 2.40. The van der Waals surface area contributed by atoms with Gasteiger partial charge in [0, 0.05) is 12.1 Å². The molecular weight excluding hydrogens is 332 g/mol. The van der Waals surface area contributed by atoms with Crippen LogP contribution in [0.15, 0.2) is 30.3 Å². The summed E-state index contributed by atoms with van der Waals surface area (Å²) in [7, 11) is 0. The molecule has 134 valence electrons. The van der Waals surface area contributed by atoms with E-state index in [4.69, 9.17) is 5.73 Å². The molecule has 0 bridgehead atoms. The molecule has 2 rings (SSSR count). The number of carbonyl (C=O) groups is 3. The lowest BCUT2D eigenvalue weighted by molar-refractivity contribution is -0.698. The van der Waals surface area contributed by atoms with Gasteiger partial charge in [-0.05, 0) is 31.9 Å². The van der Waals surface area contributed by atoms with Crippen molar-refractivity contribution in [2.24, 2.45) is 5.73 Å². The van der Waals surface area contributed by atoms with Gasteiger partial charge in [-0.1, -0.05) is 18.2 Å². The first-order valence-corrected chi connectivity index (χ1v) is 7.64. The highest BCUT2D eigenvalue weighted by Crippen LogP contribution is 2.20. The number of nitrogens with two attached hydrogens (primary N) is 1. The van der Waals surface area contributed by atoms with Gasteiger partial charge in [-0.2, -0.15) is 0 Å². The van der Waals surface area contributed by atoms with Gasteiger partial charge in [0.15, 0.2) is 0 Å². The van der Waals surface area contributed by atoms with Crippen molar-refractivity contribution in [3.05, 3.63) is 46.0 Å². The van der Waals surface area contributed by atoms with E-state index in [1.54, 1.807) is 6.07 Å². The Hall–Kier alpha value is -3.01. The molecule has 1 aliphatic rings. The number of benzene rings is 1. The van der Waals surface area contributed by atoms with Gasteiger partial charge >= 0.3 is 11.9 Å². The first-order chi connectivity index (χ1) is 11.8. The van der Waals surface area contributed by atoms with E-state index in [-0.39, 0.29) is 17.2 Å². The Morgan fingerprint density at radius 3 is 2.56 bits per heavy atom. The van der Waals surface area contributed by atoms with Crippen molar-refractivity contribution in [3.63, 3.8) is 0 Å². The second-order valence-corrected chi connectivity index (χ2v) is 5.57. The van der Waals surface area contributed by atoms with Gasteiger partial charge in [0.25, 0.3) is 0 Å². The van der Waals surface area contributed by atoms with Crippen LogP contribution in [0.4, 0.5) is 0 Å². The van der Waals surface area contributed by atoms with Gasteiger partial charge in [0.1, 0.15) is 11.2 Å². The van der Waals surface area contributed by atoms with E-state index in [0.717, 1.165) is 0 Å². The molecule has 1 fully saturated rings. The number of hydrazine groups is 1. The highest BCUT2D eigenvalue weighted by molar-refractivity contribution is 5.94. The molecule has 1 aromatic rings. The predicted octanol–water partition coefficient (Wildman–Crippen LogP) is 0.117. The molecular formula is C15H18N4O6. The average Bonchev–Trinajstić information content (AvgIpc) is 3.08. The molecule has 0 saturated carbocycles. The lowest BCUT2D eigenvalue weighted by Crippen LogP contribution is -2.50. The quantitative estimate of drug-likeness (QED) is 0.601. The normalized spacial score (nSPS) is 17.7. The van der Waals surface area contributed by atoms with E-state index in [9.17, 15) is 24.5 Å². The topological polar surface area (TPSA) is 136 Å². The number of hydroxylamine groups is 1. The van der Waals surface area contributed by atoms with Crippen LogP contribution in [0.5, 0.6) is 0 Å². The maximum absolute atomic E-state index is 12.3. The van der Waals surface area contributed by atoms with Crippen LogP contribution in [0, 0.1) is 10.1 Å². The van der Waals surface area contributed by atoms with Crippen molar-refractivity contribution in [2.45, 2.75) is 31.8 Å². The van der Waals surface area contributed by atoms with E-state index < -0.39 is 34.9 Å². The van der Waals surface area contributed by atoms with Crippen LogP contribution in [-0.4, -0.2) is 51.5 Å². The number of nitrogens with zero attached hydrogens (tertiary/aromatic N) is 3. The summed E-state index contributed by atoms with van der Waals surface area (Å²) in [4.78, 5) is 53.5. The molecule has 1 saturated heterocycles. The number of rotatable bonds is 4. The number of nitro groups is 1. The van der Waals surface area contributed by atoms with Crippen LogP contribution >= 0.6 is 0 Å². The van der Waals surface area contributed by atoms with Crippen LogP contribution in [0.3, 0.4) is 0 Å². The lowest BCUT2D eigenvalue weighted by atomic mass is 10.2. The fraction of sp³-hybridized carbons (Fsp3) is 0.400. The third kappa shape index (κ3) is 4.10. The van der Waals surface area contributed by atoms with Gasteiger partial charge < -0.3 is 10.6 Å². The van der Waals surface area contributed by atoms with Crippen molar-refractivity contribution < 1.29 is 24.3 Å². The van der Waals surface area contributed by atoms with Crippen LogP contribution in [0.25, 0.3) is 0 Å². The van der Waals surface area contributed by atoms with Crippen molar-refractivity contribution in [1.82, 2.24) is 10.1 Å². The number of hydrogen-bond donors (Lipinski definition) is 1. The third-order valence-electron chi connectivity index (χ3n) is 3.72. The molecule has 25 heavy (non-hydrogen) atoms. The zero-order valence-corrected chi connectivity index (χ0v) is 13.5. The first-order valence-electron chi connectivity index (χ1n) is 7.64. The Morgan fingerprint density at radius 1 is 1.36 bits per heavy atom. The molecule has 0 radical (unpaired) electrons. The first kappa shape index (κ1) is 18.3. The SMILES string of the molecule is C[C@H](N)C(=O)N1CCC[C@H]1C(=O)ON(C(=O)c1ccccc1)[N+](=O)[O-]. The minimum absolute atomic E-state index is 0.0121. The summed E-state index contributed by atoms with van der Waals surface area (Å²) < 4.78 is 0. The monoisotopic (exact) mass is 350 g/mol. The van der Waals surface area contributed by atoms with E-state index >= 15 is 0 Å². The Bertz CT molecular complexity index is 678. The van der Waals surface area contributed by atoms with Crippen LogP contribution in [0.2, 0.25) is 0 Å². The number of likely N-dealkylation sites (tertiary alicyclic amines) is 1. The largest absolute Gasteiger partial charge is 0.361 e. The van der Waals surface area contributed by atoms with E-state index in [2.05, 4.69) is 4.84 Å². The molecule has 2 amide bonds. The van der Waals surface area contributed by atoms with Crippen molar-refractivity contribution >= 4 is 17.8 Å². The maximum atomic E-state index is 12.3. The molecule has 1 heterocycles. The van der Waals surface area contributed by atoms with Gasteiger partial charge in [0.2, 0.25) is 10.9 Å². The molecule has 0 spiro atoms. The van der Waals surface area contributed by atoms with Crippen LogP contribution in [-0.2, 0) is 14.4 Å². The Labute approximate surface area is 143 Å². The van der Waals surface area contributed by atoms with Gasteiger partial charge in [0.05, 0.1) is 6.04 Å². The zero-order valence-electron chi connectivity index (χ0n) is 13.5. The summed E-state index contributed by atoms with van der Waals surface area (Å²) >= 11 is 0. The standard InChI is InChI=1S/C15H18N4O6/c1-10(16)13(20)17-9-5-8-12(17)15(22)25-18(19(23)24)14(21)11-6-3-2-4-7-11/h2-4,6-7,10,12H,5,8-9,16H2,1H3/t10-,12-/m0/s1. The summed E-state index contributed by atoms with van der Waals surface area (Å²) in [6, 6.07) is 5.56. The smallest absolute Gasteiger partial charge is 0.327 e. The van der Waals surface area contributed by atoms with E-state index in [0.29, 0.717) is 13.0 Å². The molecule has 0 unspecified atom stereocenters. The maximum Gasteiger partial charge on any atom is 0.361 e. The molecule has 1 aliphatic heterocycles. The highest BCUT2D eigenvalue weighted by atomic mass is 16.9. The fourth-order valence-corrected chi connectivity index (χ4v) is 2.52. The number of carbonyl (C=O) groups excluding carboxylic acids is 3. The van der Waals surface area contributed by atoms with E-state index in [1.807, 2.05) is 0 Å². The number of hydrogen-bond acceptors (Lipinski definition) is 7. The summed E-state index contributed by atoms with van der Waals surface area (Å²) in [5.74, 6) is -2.60. The van der Waals surface area contributed by atoms with E-state index in [1.165, 1.54) is 36.1 Å². The molecule has 0 aliphatic carbocycles. The summed E-state index contributed by atoms with van der Waals surface area (Å²) in [6.45, 7) is 1.77. The zero-order chi connectivity index (χ0) is 18.6. The minimum atomic E-state index is -1.13. The third-order valence-corrected chi connectivity index (χ3v) is 3.72. The molecule has 10 heteroatoms. The molecule has 2 N–H and O–H groups in total. The lowest BCUT2D eigenvalue weighted by Gasteiger charge is -2.24. The molecule has 1 aromatic carbocycles. The molecule has 2 atom stereocenters. The van der Waals surface area contributed by atoms with Crippen molar-refractivity contribution in [2.75, 3.05) is 6.54 Å². The Balaban J connectivity index is 2.14. The van der Waals surface area contributed by atoms with Crippen molar-refractivity contribution in [3.8, 4) is 0 Å². The Kier molecular flexibility index (Phi) is 5.65. The molecule has 10 nitrogen and oxygen atoms in total. The summed E-state index contributed by atoms with van der Waals surface area (Å²) in [5, 5.41) is 9.78. The average molecular weight is 350 g/mol.